The van der Waals surface area contributed by atoms with Gasteiger partial charge in [0.25, 0.3) is 0 Å². The Morgan fingerprint density at radius 3 is 2.00 bits per heavy atom. The van der Waals surface area contributed by atoms with E-state index in [1.807, 2.05) is 6.92 Å². The molecule has 5 nitrogen and oxygen atoms in total. The second-order valence-electron chi connectivity index (χ2n) is 5.02. The highest BCUT2D eigenvalue weighted by atomic mass is 28.4. The zero-order valence-electron chi connectivity index (χ0n) is 13.1. The molecule has 116 valence electrons. The van der Waals surface area contributed by atoms with Crippen LogP contribution in [-0.4, -0.2) is 48.9 Å². The summed E-state index contributed by atoms with van der Waals surface area (Å²) in [5.74, 6) is 0. The smallest absolute Gasteiger partial charge is 0.377 e. The van der Waals surface area contributed by atoms with Crippen molar-refractivity contribution >= 4 is 8.80 Å². The van der Waals surface area contributed by atoms with Crippen LogP contribution in [0, 0.1) is 0 Å². The first-order valence-electron chi connectivity index (χ1n) is 7.02. The van der Waals surface area contributed by atoms with Gasteiger partial charge >= 0.3 is 8.80 Å². The van der Waals surface area contributed by atoms with Gasteiger partial charge in [-0.25, -0.2) is 0 Å². The Kier molecular flexibility index (Phi) is 10.8. The molecule has 2 unspecified atom stereocenters. The predicted molar refractivity (Wildman–Crippen MR) is 79.1 cm³/mol. The molecule has 0 aromatic heterocycles. The van der Waals surface area contributed by atoms with E-state index < -0.39 is 8.80 Å². The van der Waals surface area contributed by atoms with Gasteiger partial charge in [-0.05, 0) is 26.7 Å². The zero-order valence-corrected chi connectivity index (χ0v) is 14.1. The van der Waals surface area contributed by atoms with Crippen LogP contribution in [0.4, 0.5) is 0 Å². The fraction of sp³-hybridized carbons (Fsp3) is 1.00. The maximum Gasteiger partial charge on any atom is 0.500 e. The van der Waals surface area contributed by atoms with Crippen LogP contribution in [0.3, 0.4) is 0 Å². The van der Waals surface area contributed by atoms with E-state index in [0.29, 0.717) is 6.61 Å². The van der Waals surface area contributed by atoms with E-state index >= 15 is 0 Å². The third-order valence-electron chi connectivity index (χ3n) is 3.17. The molecule has 0 aliphatic heterocycles. The second-order valence-corrected chi connectivity index (χ2v) is 8.11. The van der Waals surface area contributed by atoms with Crippen LogP contribution in [0.25, 0.3) is 0 Å². The Bertz CT molecular complexity index is 205. The molecule has 0 rings (SSSR count). The lowest BCUT2D eigenvalue weighted by Crippen LogP contribution is -2.42. The first kappa shape index (κ1) is 19.0. The van der Waals surface area contributed by atoms with Crippen molar-refractivity contribution in [3.8, 4) is 0 Å². The molecule has 0 saturated carbocycles. The summed E-state index contributed by atoms with van der Waals surface area (Å²) < 4.78 is 21.8. The summed E-state index contributed by atoms with van der Waals surface area (Å²) in [5.41, 5.74) is 5.65. The highest BCUT2D eigenvalue weighted by molar-refractivity contribution is 6.60. The minimum atomic E-state index is -2.37. The lowest BCUT2D eigenvalue weighted by Gasteiger charge is -2.24. The van der Waals surface area contributed by atoms with Gasteiger partial charge in [-0.1, -0.05) is 12.8 Å². The maximum atomic E-state index is 5.65. The Morgan fingerprint density at radius 1 is 0.947 bits per heavy atom. The van der Waals surface area contributed by atoms with E-state index in [2.05, 4.69) is 6.92 Å². The molecule has 0 saturated heterocycles. The quantitative estimate of drug-likeness (QED) is 0.441. The summed E-state index contributed by atoms with van der Waals surface area (Å²) >= 11 is 0. The van der Waals surface area contributed by atoms with Crippen molar-refractivity contribution in [2.75, 3.05) is 27.9 Å². The SMILES string of the molecule is CO[Si](CCCCCC(C)OCC(C)N)(OC)OC. The van der Waals surface area contributed by atoms with E-state index in [9.17, 15) is 0 Å². The van der Waals surface area contributed by atoms with Gasteiger partial charge in [0.2, 0.25) is 0 Å². The lowest BCUT2D eigenvalue weighted by molar-refractivity contribution is 0.0517. The van der Waals surface area contributed by atoms with Crippen LogP contribution in [-0.2, 0) is 18.0 Å². The molecule has 6 heteroatoms. The molecule has 0 aliphatic carbocycles. The van der Waals surface area contributed by atoms with Crippen LogP contribution >= 0.6 is 0 Å². The fourth-order valence-corrected chi connectivity index (χ4v) is 3.70. The number of unbranched alkanes of at least 4 members (excludes halogenated alkanes) is 2. The Labute approximate surface area is 119 Å². The molecular formula is C13H31NO4Si. The van der Waals surface area contributed by atoms with Crippen molar-refractivity contribution in [1.29, 1.82) is 0 Å². The minimum absolute atomic E-state index is 0.110. The maximum absolute atomic E-state index is 5.65. The summed E-state index contributed by atoms with van der Waals surface area (Å²) in [6.45, 7) is 4.69. The molecule has 2 N–H and O–H groups in total. The van der Waals surface area contributed by atoms with Crippen molar-refractivity contribution in [3.05, 3.63) is 0 Å². The van der Waals surface area contributed by atoms with Gasteiger partial charge in [0.15, 0.2) is 0 Å². The average Bonchev–Trinajstić information content (AvgIpc) is 2.41. The number of nitrogens with two attached hydrogens (primary N) is 1. The molecule has 19 heavy (non-hydrogen) atoms. The molecular weight excluding hydrogens is 262 g/mol. The number of hydrogen-bond acceptors (Lipinski definition) is 5. The summed E-state index contributed by atoms with van der Waals surface area (Å²) in [7, 11) is 2.60. The van der Waals surface area contributed by atoms with E-state index in [1.165, 1.54) is 0 Å². The average molecular weight is 293 g/mol. The second kappa shape index (κ2) is 10.8. The molecule has 0 aliphatic rings. The molecule has 0 fully saturated rings. The Balaban J connectivity index is 3.63. The summed E-state index contributed by atoms with van der Waals surface area (Å²) in [6, 6.07) is 0.977. The molecule has 0 bridgehead atoms. The molecule has 0 radical (unpaired) electrons. The van der Waals surface area contributed by atoms with Crippen LogP contribution in [0.2, 0.25) is 6.04 Å². The highest BCUT2D eigenvalue weighted by Gasteiger charge is 2.36. The first-order valence-corrected chi connectivity index (χ1v) is 8.95. The van der Waals surface area contributed by atoms with E-state index in [4.69, 9.17) is 23.7 Å². The molecule has 2 atom stereocenters. The number of ether oxygens (including phenoxy) is 1. The molecule has 0 aromatic rings. The van der Waals surface area contributed by atoms with Gasteiger partial charge in [0, 0.05) is 33.4 Å². The molecule has 0 amide bonds. The minimum Gasteiger partial charge on any atom is -0.377 e. The van der Waals surface area contributed by atoms with Crippen LogP contribution < -0.4 is 5.73 Å². The summed E-state index contributed by atoms with van der Waals surface area (Å²) in [4.78, 5) is 0. The fourth-order valence-electron chi connectivity index (χ4n) is 1.91. The normalized spacial score (nSPS) is 15.5. The third-order valence-corrected chi connectivity index (χ3v) is 6.00. The first-order chi connectivity index (χ1) is 8.99. The van der Waals surface area contributed by atoms with Crippen molar-refractivity contribution < 1.29 is 18.0 Å². The van der Waals surface area contributed by atoms with Crippen LogP contribution in [0.1, 0.15) is 39.5 Å². The molecule has 0 heterocycles. The summed E-state index contributed by atoms with van der Waals surface area (Å²) in [6.07, 6.45) is 4.68. The van der Waals surface area contributed by atoms with Crippen molar-refractivity contribution in [3.63, 3.8) is 0 Å². The van der Waals surface area contributed by atoms with Crippen LogP contribution in [0.15, 0.2) is 0 Å². The highest BCUT2D eigenvalue weighted by Crippen LogP contribution is 2.18. The van der Waals surface area contributed by atoms with Gasteiger partial charge in [0.1, 0.15) is 0 Å². The van der Waals surface area contributed by atoms with Gasteiger partial charge < -0.3 is 23.7 Å². The van der Waals surface area contributed by atoms with E-state index in [0.717, 1.165) is 31.7 Å². The Hall–Kier alpha value is 0.0169. The van der Waals surface area contributed by atoms with Crippen molar-refractivity contribution in [2.24, 2.45) is 5.73 Å². The zero-order chi connectivity index (χ0) is 14.7. The largest absolute Gasteiger partial charge is 0.500 e. The van der Waals surface area contributed by atoms with E-state index in [-0.39, 0.29) is 12.1 Å². The molecule has 0 aromatic carbocycles. The predicted octanol–water partition coefficient (Wildman–Crippen LogP) is 2.18. The standard InChI is InChI=1S/C13H31NO4Si/c1-12(14)11-18-13(2)9-7-6-8-10-19(15-3,16-4)17-5/h12-13H,6-11,14H2,1-5H3. The summed E-state index contributed by atoms with van der Waals surface area (Å²) in [5, 5.41) is 0. The van der Waals surface area contributed by atoms with Gasteiger partial charge in [0.05, 0.1) is 12.7 Å². The Morgan fingerprint density at radius 2 is 1.53 bits per heavy atom. The third kappa shape index (κ3) is 8.72. The van der Waals surface area contributed by atoms with Gasteiger partial charge in [-0.15, -0.1) is 0 Å². The number of rotatable bonds is 12. The number of hydrogen-bond donors (Lipinski definition) is 1. The van der Waals surface area contributed by atoms with Gasteiger partial charge in [-0.2, -0.15) is 0 Å². The topological polar surface area (TPSA) is 62.9 Å². The van der Waals surface area contributed by atoms with Crippen molar-refractivity contribution in [2.45, 2.75) is 57.7 Å². The lowest BCUT2D eigenvalue weighted by atomic mass is 10.1. The monoisotopic (exact) mass is 293 g/mol. The van der Waals surface area contributed by atoms with E-state index in [1.54, 1.807) is 21.3 Å². The molecule has 0 spiro atoms. The van der Waals surface area contributed by atoms with Gasteiger partial charge in [-0.3, -0.25) is 0 Å². The van der Waals surface area contributed by atoms with Crippen LogP contribution in [0.5, 0.6) is 0 Å². The van der Waals surface area contributed by atoms with Crippen molar-refractivity contribution in [1.82, 2.24) is 0 Å².